The summed E-state index contributed by atoms with van der Waals surface area (Å²) < 4.78 is 0. The van der Waals surface area contributed by atoms with Gasteiger partial charge in [-0.05, 0) is 48.9 Å². The quantitative estimate of drug-likeness (QED) is 0.864. The molecule has 1 heterocycles. The first-order valence-corrected chi connectivity index (χ1v) is 7.50. The summed E-state index contributed by atoms with van der Waals surface area (Å²) in [5.41, 5.74) is 9.12. The molecule has 92 valence electrons. The Morgan fingerprint density at radius 3 is 2.94 bits per heavy atom. The summed E-state index contributed by atoms with van der Waals surface area (Å²) in [5, 5.41) is 3.45. The smallest absolute Gasteiger partial charge is 0.0478 e. The van der Waals surface area contributed by atoms with E-state index in [4.69, 9.17) is 5.73 Å². The highest BCUT2D eigenvalue weighted by molar-refractivity contribution is 7.99. The molecule has 0 atom stereocenters. The molecule has 2 nitrogen and oxygen atoms in total. The Hall–Kier alpha value is -0.670. The molecule has 1 aromatic carbocycles. The Labute approximate surface area is 107 Å². The summed E-state index contributed by atoms with van der Waals surface area (Å²) >= 11 is 1.97. The van der Waals surface area contributed by atoms with E-state index in [1.54, 1.807) is 0 Å². The molecule has 0 unspecified atom stereocenters. The van der Waals surface area contributed by atoms with Gasteiger partial charge in [0.15, 0.2) is 0 Å². The van der Waals surface area contributed by atoms with Crippen molar-refractivity contribution in [2.45, 2.75) is 30.6 Å². The lowest BCUT2D eigenvalue weighted by molar-refractivity contribution is 0.145. The topological polar surface area (TPSA) is 38.0 Å². The molecule has 3 heteroatoms. The molecule has 0 radical (unpaired) electrons. The summed E-state index contributed by atoms with van der Waals surface area (Å²) in [7, 11) is 0. The van der Waals surface area contributed by atoms with Gasteiger partial charge < -0.3 is 11.1 Å². The van der Waals surface area contributed by atoms with E-state index in [2.05, 4.69) is 23.5 Å². The first-order chi connectivity index (χ1) is 8.31. The molecule has 2 aliphatic rings. The van der Waals surface area contributed by atoms with Gasteiger partial charge in [0.1, 0.15) is 0 Å². The number of rotatable bonds is 3. The van der Waals surface area contributed by atoms with Gasteiger partial charge in [-0.2, -0.15) is 0 Å². The highest BCUT2D eigenvalue weighted by atomic mass is 32.2. The first-order valence-electron chi connectivity index (χ1n) is 6.51. The second-order valence-corrected chi connectivity index (χ2v) is 6.48. The predicted molar refractivity (Wildman–Crippen MR) is 74.7 cm³/mol. The molecule has 1 fully saturated rings. The SMILES string of the molecule is NCC1(Cc2ccc3c(c2)SCCN3)CCC1. The van der Waals surface area contributed by atoms with Gasteiger partial charge in [-0.1, -0.05) is 12.5 Å². The van der Waals surface area contributed by atoms with E-state index in [1.165, 1.54) is 41.2 Å². The molecule has 0 saturated heterocycles. The summed E-state index contributed by atoms with van der Waals surface area (Å²) in [5.74, 6) is 1.18. The summed E-state index contributed by atoms with van der Waals surface area (Å²) in [6, 6.07) is 6.87. The lowest BCUT2D eigenvalue weighted by Gasteiger charge is -2.41. The average molecular weight is 248 g/mol. The van der Waals surface area contributed by atoms with Crippen molar-refractivity contribution in [1.82, 2.24) is 0 Å². The Kier molecular flexibility index (Phi) is 3.05. The van der Waals surface area contributed by atoms with E-state index in [-0.39, 0.29) is 0 Å². The van der Waals surface area contributed by atoms with E-state index in [9.17, 15) is 0 Å². The van der Waals surface area contributed by atoms with Gasteiger partial charge >= 0.3 is 0 Å². The molecule has 0 amide bonds. The minimum Gasteiger partial charge on any atom is -0.383 e. The van der Waals surface area contributed by atoms with Crippen molar-refractivity contribution >= 4 is 17.4 Å². The number of thioether (sulfide) groups is 1. The standard InChI is InChI=1S/C14H20N2S/c15-10-14(4-1-5-14)9-11-2-3-12-13(8-11)17-7-6-16-12/h2-3,8,16H,1,4-7,9-10,15H2. The molecule has 0 spiro atoms. The van der Waals surface area contributed by atoms with Crippen molar-refractivity contribution in [3.8, 4) is 0 Å². The van der Waals surface area contributed by atoms with Crippen LogP contribution in [-0.4, -0.2) is 18.8 Å². The lowest BCUT2D eigenvalue weighted by Crippen LogP contribution is -2.39. The third-order valence-corrected chi connectivity index (χ3v) is 5.20. The highest BCUT2D eigenvalue weighted by Crippen LogP contribution is 2.43. The zero-order chi connectivity index (χ0) is 11.7. The molecule has 0 bridgehead atoms. The van der Waals surface area contributed by atoms with Gasteiger partial charge in [-0.25, -0.2) is 0 Å². The summed E-state index contributed by atoms with van der Waals surface area (Å²) in [6.45, 7) is 1.93. The second kappa shape index (κ2) is 4.54. The maximum atomic E-state index is 5.94. The summed E-state index contributed by atoms with van der Waals surface area (Å²) in [4.78, 5) is 1.42. The van der Waals surface area contributed by atoms with Gasteiger partial charge in [-0.3, -0.25) is 0 Å². The van der Waals surface area contributed by atoms with Crippen LogP contribution in [0.1, 0.15) is 24.8 Å². The zero-order valence-electron chi connectivity index (χ0n) is 10.2. The van der Waals surface area contributed by atoms with Crippen LogP contribution in [0.15, 0.2) is 23.1 Å². The van der Waals surface area contributed by atoms with Crippen molar-refractivity contribution in [2.24, 2.45) is 11.1 Å². The highest BCUT2D eigenvalue weighted by Gasteiger charge is 2.35. The first kappa shape index (κ1) is 11.4. The number of benzene rings is 1. The van der Waals surface area contributed by atoms with Crippen molar-refractivity contribution in [2.75, 3.05) is 24.2 Å². The van der Waals surface area contributed by atoms with Crippen LogP contribution in [0.25, 0.3) is 0 Å². The summed E-state index contributed by atoms with van der Waals surface area (Å²) in [6.07, 6.45) is 5.15. The van der Waals surface area contributed by atoms with Crippen LogP contribution < -0.4 is 11.1 Å². The number of anilines is 1. The number of fused-ring (bicyclic) bond motifs is 1. The van der Waals surface area contributed by atoms with Crippen molar-refractivity contribution < 1.29 is 0 Å². The molecule has 1 saturated carbocycles. The third-order valence-electron chi connectivity index (χ3n) is 4.15. The van der Waals surface area contributed by atoms with Crippen molar-refractivity contribution in [3.05, 3.63) is 23.8 Å². The molecule has 1 aromatic rings. The van der Waals surface area contributed by atoms with Gasteiger partial charge in [0.2, 0.25) is 0 Å². The number of hydrogen-bond donors (Lipinski definition) is 2. The Bertz CT molecular complexity index is 407. The van der Waals surface area contributed by atoms with Crippen LogP contribution in [0, 0.1) is 5.41 Å². The fraction of sp³-hybridized carbons (Fsp3) is 0.571. The van der Waals surface area contributed by atoms with Gasteiger partial charge in [0.05, 0.1) is 0 Å². The maximum absolute atomic E-state index is 5.94. The predicted octanol–water partition coefficient (Wildman–Crippen LogP) is 2.88. The van der Waals surface area contributed by atoms with E-state index in [1.807, 2.05) is 11.8 Å². The van der Waals surface area contributed by atoms with Crippen molar-refractivity contribution in [1.29, 1.82) is 0 Å². The lowest BCUT2D eigenvalue weighted by atomic mass is 9.65. The molecule has 1 aliphatic carbocycles. The fourth-order valence-corrected chi connectivity index (χ4v) is 3.81. The molecule has 17 heavy (non-hydrogen) atoms. The number of hydrogen-bond acceptors (Lipinski definition) is 3. The Balaban J connectivity index is 1.79. The van der Waals surface area contributed by atoms with E-state index in [0.29, 0.717) is 5.41 Å². The van der Waals surface area contributed by atoms with E-state index < -0.39 is 0 Å². The normalized spacial score (nSPS) is 21.2. The van der Waals surface area contributed by atoms with Gasteiger partial charge in [-0.15, -0.1) is 11.8 Å². The molecular weight excluding hydrogens is 228 g/mol. The van der Waals surface area contributed by atoms with Crippen LogP contribution in [0.2, 0.25) is 0 Å². The van der Waals surface area contributed by atoms with Crippen LogP contribution >= 0.6 is 11.8 Å². The van der Waals surface area contributed by atoms with Crippen molar-refractivity contribution in [3.63, 3.8) is 0 Å². The fourth-order valence-electron chi connectivity index (χ4n) is 2.85. The Morgan fingerprint density at radius 2 is 2.24 bits per heavy atom. The number of nitrogens with two attached hydrogens (primary N) is 1. The van der Waals surface area contributed by atoms with Crippen LogP contribution in [0.3, 0.4) is 0 Å². The van der Waals surface area contributed by atoms with Crippen LogP contribution in [-0.2, 0) is 6.42 Å². The number of nitrogens with one attached hydrogen (secondary N) is 1. The molecule has 3 rings (SSSR count). The average Bonchev–Trinajstić information content (AvgIpc) is 2.34. The molecule has 0 aromatic heterocycles. The third kappa shape index (κ3) is 2.18. The zero-order valence-corrected chi connectivity index (χ0v) is 11.0. The molecular formula is C14H20N2S. The minimum atomic E-state index is 0.418. The maximum Gasteiger partial charge on any atom is 0.0478 e. The van der Waals surface area contributed by atoms with Crippen LogP contribution in [0.4, 0.5) is 5.69 Å². The Morgan fingerprint density at radius 1 is 1.35 bits per heavy atom. The van der Waals surface area contributed by atoms with E-state index >= 15 is 0 Å². The molecule has 1 aliphatic heterocycles. The van der Waals surface area contributed by atoms with E-state index in [0.717, 1.165) is 19.5 Å². The monoisotopic (exact) mass is 248 g/mol. The second-order valence-electron chi connectivity index (χ2n) is 5.34. The van der Waals surface area contributed by atoms with Crippen LogP contribution in [0.5, 0.6) is 0 Å². The minimum absolute atomic E-state index is 0.418. The van der Waals surface area contributed by atoms with Gasteiger partial charge in [0.25, 0.3) is 0 Å². The largest absolute Gasteiger partial charge is 0.383 e. The van der Waals surface area contributed by atoms with Gasteiger partial charge in [0, 0.05) is 22.9 Å². The molecule has 3 N–H and O–H groups in total.